The average molecular weight is 302 g/mol. The van der Waals surface area contributed by atoms with Crippen LogP contribution in [0.5, 0.6) is 0 Å². The van der Waals surface area contributed by atoms with Crippen LogP contribution in [0.15, 0.2) is 66.7 Å². The monoisotopic (exact) mass is 302 g/mol. The quantitative estimate of drug-likeness (QED) is 0.730. The second kappa shape index (κ2) is 5.52. The Morgan fingerprint density at radius 2 is 1.65 bits per heavy atom. The summed E-state index contributed by atoms with van der Waals surface area (Å²) in [7, 11) is 2.05. The fourth-order valence-corrected chi connectivity index (χ4v) is 3.31. The zero-order chi connectivity index (χ0) is 15.8. The average Bonchev–Trinajstić information content (AvgIpc) is 2.84. The van der Waals surface area contributed by atoms with Crippen LogP contribution in [0.1, 0.15) is 15.9 Å². The highest BCUT2D eigenvalue weighted by atomic mass is 16.2. The number of hydrogen-bond donors (Lipinski definition) is 0. The van der Waals surface area contributed by atoms with Crippen LogP contribution in [0.4, 0.5) is 5.69 Å². The van der Waals surface area contributed by atoms with E-state index in [1.54, 1.807) is 0 Å². The number of hydrogen-bond acceptors (Lipinski definition) is 2. The molecule has 0 aliphatic carbocycles. The Morgan fingerprint density at radius 1 is 0.913 bits per heavy atom. The van der Waals surface area contributed by atoms with Gasteiger partial charge in [-0.1, -0.05) is 54.6 Å². The lowest BCUT2D eigenvalue weighted by Gasteiger charge is -2.25. The molecule has 0 saturated carbocycles. The fourth-order valence-electron chi connectivity index (χ4n) is 3.31. The Morgan fingerprint density at radius 3 is 2.43 bits per heavy atom. The molecule has 3 nitrogen and oxygen atoms in total. The van der Waals surface area contributed by atoms with Crippen molar-refractivity contribution in [2.45, 2.75) is 6.54 Å². The van der Waals surface area contributed by atoms with E-state index in [9.17, 15) is 4.79 Å². The van der Waals surface area contributed by atoms with Gasteiger partial charge in [0.05, 0.1) is 12.4 Å². The van der Waals surface area contributed by atoms with Crippen molar-refractivity contribution in [2.24, 2.45) is 0 Å². The van der Waals surface area contributed by atoms with E-state index in [1.165, 1.54) is 5.56 Å². The summed E-state index contributed by atoms with van der Waals surface area (Å²) < 4.78 is 0. The predicted molar refractivity (Wildman–Crippen MR) is 93.5 cm³/mol. The number of carbonyl (C=O) groups excluding carboxylic acids is 1. The molecule has 114 valence electrons. The van der Waals surface area contributed by atoms with Gasteiger partial charge in [-0.25, -0.2) is 0 Å². The summed E-state index contributed by atoms with van der Waals surface area (Å²) >= 11 is 0. The SMILES string of the molecule is CN(Cc1ccccc1)CN1C(=O)c2cccc3cccc1c23. The molecule has 0 spiro atoms. The smallest absolute Gasteiger partial charge is 0.260 e. The number of benzene rings is 3. The molecule has 3 aromatic carbocycles. The van der Waals surface area contributed by atoms with Gasteiger partial charge in [0.2, 0.25) is 0 Å². The van der Waals surface area contributed by atoms with E-state index in [0.717, 1.165) is 28.6 Å². The molecule has 0 radical (unpaired) electrons. The van der Waals surface area contributed by atoms with Gasteiger partial charge in [-0.15, -0.1) is 0 Å². The maximum Gasteiger partial charge on any atom is 0.260 e. The van der Waals surface area contributed by atoms with Gasteiger partial charge in [0.1, 0.15) is 0 Å². The van der Waals surface area contributed by atoms with Crippen LogP contribution in [0.25, 0.3) is 10.8 Å². The van der Waals surface area contributed by atoms with Crippen molar-refractivity contribution in [2.75, 3.05) is 18.6 Å². The van der Waals surface area contributed by atoms with Crippen molar-refractivity contribution in [3.63, 3.8) is 0 Å². The molecular weight excluding hydrogens is 284 g/mol. The Kier molecular flexibility index (Phi) is 3.36. The van der Waals surface area contributed by atoms with Gasteiger partial charge in [0.25, 0.3) is 5.91 Å². The van der Waals surface area contributed by atoms with Gasteiger partial charge >= 0.3 is 0 Å². The molecule has 3 heteroatoms. The molecule has 1 amide bonds. The normalized spacial score (nSPS) is 13.3. The summed E-state index contributed by atoms with van der Waals surface area (Å²) in [6, 6.07) is 22.4. The fraction of sp³-hybridized carbons (Fsp3) is 0.150. The van der Waals surface area contributed by atoms with Gasteiger partial charge in [-0.05, 0) is 30.1 Å². The van der Waals surface area contributed by atoms with E-state index in [1.807, 2.05) is 54.4 Å². The van der Waals surface area contributed by atoms with E-state index >= 15 is 0 Å². The van der Waals surface area contributed by atoms with Crippen molar-refractivity contribution in [1.82, 2.24) is 4.90 Å². The maximum absolute atomic E-state index is 12.8. The standard InChI is InChI=1S/C20H18N2O/c1-21(13-15-7-3-2-4-8-15)14-22-18-12-6-10-16-9-5-11-17(19(16)18)20(22)23/h2-12H,13-14H2,1H3. The van der Waals surface area contributed by atoms with E-state index in [2.05, 4.69) is 29.2 Å². The van der Waals surface area contributed by atoms with Gasteiger partial charge in [-0.2, -0.15) is 0 Å². The molecule has 3 aromatic rings. The summed E-state index contributed by atoms with van der Waals surface area (Å²) in [6.45, 7) is 1.40. The van der Waals surface area contributed by atoms with Crippen LogP contribution in [0.2, 0.25) is 0 Å². The first kappa shape index (κ1) is 14.0. The molecule has 1 heterocycles. The van der Waals surface area contributed by atoms with Crippen molar-refractivity contribution < 1.29 is 4.79 Å². The zero-order valence-corrected chi connectivity index (χ0v) is 13.1. The maximum atomic E-state index is 12.8. The number of carbonyl (C=O) groups is 1. The third kappa shape index (κ3) is 2.39. The second-order valence-electron chi connectivity index (χ2n) is 6.06. The van der Waals surface area contributed by atoms with Gasteiger partial charge in [-0.3, -0.25) is 14.6 Å². The van der Waals surface area contributed by atoms with Gasteiger partial charge in [0, 0.05) is 17.5 Å². The first-order valence-electron chi connectivity index (χ1n) is 7.80. The molecule has 0 N–H and O–H groups in total. The van der Waals surface area contributed by atoms with Crippen molar-refractivity contribution >= 4 is 22.4 Å². The summed E-state index contributed by atoms with van der Waals surface area (Å²) in [5, 5.41) is 2.20. The summed E-state index contributed by atoms with van der Waals surface area (Å²) in [5.41, 5.74) is 3.08. The minimum absolute atomic E-state index is 0.0942. The Bertz CT molecular complexity index is 868. The third-order valence-corrected chi connectivity index (χ3v) is 4.33. The van der Waals surface area contributed by atoms with E-state index in [0.29, 0.717) is 6.67 Å². The van der Waals surface area contributed by atoms with E-state index in [-0.39, 0.29) is 5.91 Å². The van der Waals surface area contributed by atoms with Gasteiger partial charge in [0.15, 0.2) is 0 Å². The summed E-state index contributed by atoms with van der Waals surface area (Å²) in [4.78, 5) is 16.8. The number of nitrogens with zero attached hydrogens (tertiary/aromatic N) is 2. The molecule has 0 saturated heterocycles. The molecule has 1 aliphatic rings. The zero-order valence-electron chi connectivity index (χ0n) is 13.1. The Balaban J connectivity index is 1.61. The highest BCUT2D eigenvalue weighted by Crippen LogP contribution is 2.37. The second-order valence-corrected chi connectivity index (χ2v) is 6.06. The molecule has 1 aliphatic heterocycles. The highest BCUT2D eigenvalue weighted by Gasteiger charge is 2.29. The third-order valence-electron chi connectivity index (χ3n) is 4.33. The lowest BCUT2D eigenvalue weighted by atomic mass is 10.1. The molecule has 0 unspecified atom stereocenters. The largest absolute Gasteiger partial charge is 0.294 e. The van der Waals surface area contributed by atoms with Crippen molar-refractivity contribution in [3.05, 3.63) is 77.9 Å². The first-order valence-corrected chi connectivity index (χ1v) is 7.80. The molecular formula is C20H18N2O. The Hall–Kier alpha value is -2.65. The molecule has 0 fully saturated rings. The van der Waals surface area contributed by atoms with Crippen molar-refractivity contribution in [1.29, 1.82) is 0 Å². The van der Waals surface area contributed by atoms with Crippen LogP contribution in [-0.4, -0.2) is 24.5 Å². The molecule has 23 heavy (non-hydrogen) atoms. The number of anilines is 1. The lowest BCUT2D eigenvalue weighted by molar-refractivity contribution is 0.0977. The molecule has 0 aromatic heterocycles. The molecule has 0 atom stereocenters. The predicted octanol–water partition coefficient (Wildman–Crippen LogP) is 3.89. The van der Waals surface area contributed by atoms with E-state index in [4.69, 9.17) is 0 Å². The first-order chi connectivity index (χ1) is 11.2. The van der Waals surface area contributed by atoms with Crippen LogP contribution >= 0.6 is 0 Å². The lowest BCUT2D eigenvalue weighted by Crippen LogP contribution is -2.37. The highest BCUT2D eigenvalue weighted by molar-refractivity contribution is 6.24. The van der Waals surface area contributed by atoms with Crippen LogP contribution < -0.4 is 4.90 Å². The summed E-state index contributed by atoms with van der Waals surface area (Å²) in [6.07, 6.45) is 0. The van der Waals surface area contributed by atoms with Gasteiger partial charge < -0.3 is 0 Å². The minimum Gasteiger partial charge on any atom is -0.294 e. The molecule has 0 bridgehead atoms. The number of rotatable bonds is 4. The van der Waals surface area contributed by atoms with Crippen LogP contribution in [0.3, 0.4) is 0 Å². The topological polar surface area (TPSA) is 23.6 Å². The number of amides is 1. The summed E-state index contributed by atoms with van der Waals surface area (Å²) in [5.74, 6) is 0.0942. The molecule has 4 rings (SSSR count). The van der Waals surface area contributed by atoms with E-state index < -0.39 is 0 Å². The minimum atomic E-state index is 0.0942. The van der Waals surface area contributed by atoms with Crippen LogP contribution in [-0.2, 0) is 6.54 Å². The Labute approximate surface area is 135 Å². The van der Waals surface area contributed by atoms with Crippen LogP contribution in [0, 0.1) is 0 Å². The van der Waals surface area contributed by atoms with Crippen molar-refractivity contribution in [3.8, 4) is 0 Å².